The van der Waals surface area contributed by atoms with Gasteiger partial charge < -0.3 is 19.1 Å². The van der Waals surface area contributed by atoms with Crippen LogP contribution in [0.5, 0.6) is 5.75 Å². The van der Waals surface area contributed by atoms with E-state index in [4.69, 9.17) is 14.2 Å². The molecular formula is C30H37NO5. The van der Waals surface area contributed by atoms with Crippen molar-refractivity contribution in [1.29, 1.82) is 0 Å². The van der Waals surface area contributed by atoms with E-state index in [-0.39, 0.29) is 17.5 Å². The van der Waals surface area contributed by atoms with Crippen LogP contribution in [-0.4, -0.2) is 43.8 Å². The van der Waals surface area contributed by atoms with E-state index in [1.54, 1.807) is 7.11 Å². The third-order valence-corrected chi connectivity index (χ3v) is 7.29. The summed E-state index contributed by atoms with van der Waals surface area (Å²) in [5, 5.41) is 0. The number of carbonyl (C=O) groups is 2. The number of benzene rings is 2. The first-order valence-corrected chi connectivity index (χ1v) is 13.0. The van der Waals surface area contributed by atoms with Gasteiger partial charge in [-0.05, 0) is 85.3 Å². The number of hydrogen-bond acceptors (Lipinski definition) is 5. The van der Waals surface area contributed by atoms with Gasteiger partial charge in [0.2, 0.25) is 0 Å². The molecule has 2 aromatic rings. The second-order valence-electron chi connectivity index (χ2n) is 9.77. The Kier molecular flexibility index (Phi) is 8.68. The summed E-state index contributed by atoms with van der Waals surface area (Å²) in [6, 6.07) is 16.1. The van der Waals surface area contributed by atoms with E-state index >= 15 is 0 Å². The van der Waals surface area contributed by atoms with Crippen molar-refractivity contribution in [3.63, 3.8) is 0 Å². The molecule has 0 radical (unpaired) electrons. The van der Waals surface area contributed by atoms with Gasteiger partial charge in [0, 0.05) is 19.5 Å². The zero-order valence-electron chi connectivity index (χ0n) is 21.5. The SMILES string of the molecule is CCOC(=O)CCCCC1=CC2(CCN(C(=O)OCc3ccccc3)CC2)Cc2ccc(OC)cc21. The molecule has 0 unspecified atom stereocenters. The smallest absolute Gasteiger partial charge is 0.410 e. The third-order valence-electron chi connectivity index (χ3n) is 7.29. The second kappa shape index (κ2) is 12.1. The summed E-state index contributed by atoms with van der Waals surface area (Å²) in [5.74, 6) is 0.735. The fraction of sp³-hybridized carbons (Fsp3) is 0.467. The summed E-state index contributed by atoms with van der Waals surface area (Å²) in [4.78, 5) is 26.3. The molecule has 6 nitrogen and oxygen atoms in total. The average molecular weight is 492 g/mol. The minimum Gasteiger partial charge on any atom is -0.497 e. The van der Waals surface area contributed by atoms with Crippen molar-refractivity contribution in [2.24, 2.45) is 5.41 Å². The van der Waals surface area contributed by atoms with Gasteiger partial charge in [-0.3, -0.25) is 4.79 Å². The summed E-state index contributed by atoms with van der Waals surface area (Å²) in [5.41, 5.74) is 4.93. The highest BCUT2D eigenvalue weighted by molar-refractivity contribution is 5.73. The van der Waals surface area contributed by atoms with Crippen molar-refractivity contribution in [2.75, 3.05) is 26.8 Å². The molecule has 36 heavy (non-hydrogen) atoms. The Morgan fingerprint density at radius 3 is 2.50 bits per heavy atom. The van der Waals surface area contributed by atoms with E-state index in [1.807, 2.05) is 48.2 Å². The van der Waals surface area contributed by atoms with Gasteiger partial charge in [0.1, 0.15) is 12.4 Å². The molecule has 192 valence electrons. The zero-order chi connectivity index (χ0) is 25.4. The van der Waals surface area contributed by atoms with Gasteiger partial charge in [-0.15, -0.1) is 0 Å². The molecule has 2 aromatic carbocycles. The molecule has 0 atom stereocenters. The maximum absolute atomic E-state index is 12.7. The molecule has 0 aromatic heterocycles. The number of fused-ring (bicyclic) bond motifs is 1. The van der Waals surface area contributed by atoms with Crippen molar-refractivity contribution in [3.8, 4) is 5.75 Å². The molecular weight excluding hydrogens is 454 g/mol. The molecule has 0 bridgehead atoms. The first-order chi connectivity index (χ1) is 17.5. The van der Waals surface area contributed by atoms with Crippen LogP contribution in [0.25, 0.3) is 5.57 Å². The Bertz CT molecular complexity index is 1070. The highest BCUT2D eigenvalue weighted by Gasteiger charge is 2.38. The van der Waals surface area contributed by atoms with Gasteiger partial charge in [-0.2, -0.15) is 0 Å². The summed E-state index contributed by atoms with van der Waals surface area (Å²) in [6.45, 7) is 3.93. The van der Waals surface area contributed by atoms with Crippen LogP contribution in [0.2, 0.25) is 0 Å². The number of esters is 1. The average Bonchev–Trinajstić information content (AvgIpc) is 2.90. The van der Waals surface area contributed by atoms with Crippen LogP contribution in [0.4, 0.5) is 4.79 Å². The number of rotatable bonds is 9. The van der Waals surface area contributed by atoms with E-state index in [1.165, 1.54) is 16.7 Å². The van der Waals surface area contributed by atoms with Crippen LogP contribution in [0.15, 0.2) is 54.6 Å². The van der Waals surface area contributed by atoms with Gasteiger partial charge in [-0.25, -0.2) is 4.79 Å². The van der Waals surface area contributed by atoms with Crippen molar-refractivity contribution in [1.82, 2.24) is 4.90 Å². The highest BCUT2D eigenvalue weighted by Crippen LogP contribution is 2.46. The first-order valence-electron chi connectivity index (χ1n) is 13.0. The molecule has 1 heterocycles. The summed E-state index contributed by atoms with van der Waals surface area (Å²) in [7, 11) is 1.70. The monoisotopic (exact) mass is 491 g/mol. The molecule has 0 saturated carbocycles. The zero-order valence-corrected chi connectivity index (χ0v) is 21.5. The molecule has 1 aliphatic carbocycles. The number of ether oxygens (including phenoxy) is 3. The molecule has 1 fully saturated rings. The standard InChI is InChI=1S/C30H37NO5/c1-3-35-28(32)12-8-7-11-24-20-30(21-25-13-14-26(34-2)19-27(24)25)15-17-31(18-16-30)29(33)36-22-23-9-5-4-6-10-23/h4-6,9-10,13-14,19-20H,3,7-8,11-12,15-18,21-22H2,1-2H3. The predicted molar refractivity (Wildman–Crippen MR) is 140 cm³/mol. The van der Waals surface area contributed by atoms with Crippen LogP contribution >= 0.6 is 0 Å². The molecule has 4 rings (SSSR count). The van der Waals surface area contributed by atoms with E-state index in [0.29, 0.717) is 32.7 Å². The normalized spacial score (nSPS) is 16.2. The fourth-order valence-electron chi connectivity index (χ4n) is 5.30. The number of carbonyl (C=O) groups excluding carboxylic acids is 2. The van der Waals surface area contributed by atoms with Crippen LogP contribution in [-0.2, 0) is 27.3 Å². The number of nitrogens with zero attached hydrogens (tertiary/aromatic N) is 1. The van der Waals surface area contributed by atoms with Crippen LogP contribution in [0, 0.1) is 5.41 Å². The molecule has 2 aliphatic rings. The van der Waals surface area contributed by atoms with E-state index in [0.717, 1.165) is 49.8 Å². The minimum atomic E-state index is -0.238. The fourth-order valence-corrected chi connectivity index (χ4v) is 5.30. The lowest BCUT2D eigenvalue weighted by atomic mass is 9.67. The minimum absolute atomic E-state index is 0.0360. The Hall–Kier alpha value is -3.28. The Morgan fingerprint density at radius 2 is 1.78 bits per heavy atom. The second-order valence-corrected chi connectivity index (χ2v) is 9.77. The van der Waals surface area contributed by atoms with Gasteiger partial charge in [0.25, 0.3) is 0 Å². The predicted octanol–water partition coefficient (Wildman–Crippen LogP) is 6.18. The molecule has 0 N–H and O–H groups in total. The number of likely N-dealkylation sites (tertiary alicyclic amines) is 1. The van der Waals surface area contributed by atoms with Gasteiger partial charge >= 0.3 is 12.1 Å². The lowest BCUT2D eigenvalue weighted by Gasteiger charge is -2.43. The maximum atomic E-state index is 12.7. The lowest BCUT2D eigenvalue weighted by Crippen LogP contribution is -2.44. The molecule has 1 spiro atoms. The Morgan fingerprint density at radius 1 is 1.00 bits per heavy atom. The third kappa shape index (κ3) is 6.48. The summed E-state index contributed by atoms with van der Waals surface area (Å²) in [6.07, 6.45) is 8.09. The van der Waals surface area contributed by atoms with Gasteiger partial charge in [0.05, 0.1) is 13.7 Å². The number of allylic oxidation sites excluding steroid dienone is 2. The van der Waals surface area contributed by atoms with Crippen LogP contribution < -0.4 is 4.74 Å². The van der Waals surface area contributed by atoms with Crippen LogP contribution in [0.1, 0.15) is 62.1 Å². The van der Waals surface area contributed by atoms with Crippen molar-refractivity contribution < 1.29 is 23.8 Å². The largest absolute Gasteiger partial charge is 0.497 e. The number of methoxy groups -OCH3 is 1. The van der Waals surface area contributed by atoms with Crippen molar-refractivity contribution >= 4 is 17.6 Å². The Labute approximate surface area is 214 Å². The van der Waals surface area contributed by atoms with Crippen molar-refractivity contribution in [3.05, 3.63) is 71.3 Å². The van der Waals surface area contributed by atoms with E-state index in [2.05, 4.69) is 18.2 Å². The highest BCUT2D eigenvalue weighted by atomic mass is 16.6. The first kappa shape index (κ1) is 25.8. The molecule has 6 heteroatoms. The van der Waals surface area contributed by atoms with Crippen LogP contribution in [0.3, 0.4) is 0 Å². The van der Waals surface area contributed by atoms with E-state index < -0.39 is 0 Å². The summed E-state index contributed by atoms with van der Waals surface area (Å²) >= 11 is 0. The lowest BCUT2D eigenvalue weighted by molar-refractivity contribution is -0.143. The van der Waals surface area contributed by atoms with Crippen molar-refractivity contribution in [2.45, 2.75) is 58.5 Å². The number of hydrogen-bond donors (Lipinski definition) is 0. The number of amides is 1. The van der Waals surface area contributed by atoms with Gasteiger partial charge in [0.15, 0.2) is 0 Å². The molecule has 1 saturated heterocycles. The number of unbranched alkanes of at least 4 members (excludes halogenated alkanes) is 1. The quantitative estimate of drug-likeness (QED) is 0.310. The topological polar surface area (TPSA) is 65.1 Å². The Balaban J connectivity index is 1.40. The molecule has 1 amide bonds. The molecule has 1 aliphatic heterocycles. The van der Waals surface area contributed by atoms with Gasteiger partial charge in [-0.1, -0.05) is 42.5 Å². The van der Waals surface area contributed by atoms with E-state index in [9.17, 15) is 9.59 Å². The maximum Gasteiger partial charge on any atom is 0.410 e. The summed E-state index contributed by atoms with van der Waals surface area (Å²) < 4.78 is 16.1. The number of piperidine rings is 1.